The third kappa shape index (κ3) is 5.92. The smallest absolute Gasteiger partial charge is 0.243 e. The molecule has 0 saturated carbocycles. The summed E-state index contributed by atoms with van der Waals surface area (Å²) in [4.78, 5) is 7.37. The molecule has 6 nitrogen and oxygen atoms in total. The summed E-state index contributed by atoms with van der Waals surface area (Å²) in [6.07, 6.45) is 3.76. The van der Waals surface area contributed by atoms with Crippen molar-refractivity contribution in [2.75, 3.05) is 13.2 Å². The Labute approximate surface area is 183 Å². The second-order valence-corrected chi connectivity index (χ2v) is 9.27. The molecule has 0 fully saturated rings. The molecule has 0 spiro atoms. The van der Waals surface area contributed by atoms with E-state index < -0.39 is 10.0 Å². The lowest BCUT2D eigenvalue weighted by molar-refractivity contribution is 0.309. The molecule has 3 rings (SSSR count). The fourth-order valence-electron chi connectivity index (χ4n) is 3.14. The van der Waals surface area contributed by atoms with Crippen molar-refractivity contribution in [3.8, 4) is 5.75 Å². The number of hydrogen-bond donors (Lipinski definition) is 1. The van der Waals surface area contributed by atoms with Crippen LogP contribution in [0.4, 0.5) is 4.39 Å². The van der Waals surface area contributed by atoms with Gasteiger partial charge in [0.15, 0.2) is 0 Å². The fraction of sp³-hybridized carbons (Fsp3) is 0.348. The maximum Gasteiger partial charge on any atom is 0.243 e. The summed E-state index contributed by atoms with van der Waals surface area (Å²) < 4.78 is 47.8. The number of H-pyrrole nitrogens is 1. The Balaban J connectivity index is 1.82. The van der Waals surface area contributed by atoms with Crippen LogP contribution >= 0.6 is 0 Å². The van der Waals surface area contributed by atoms with Gasteiger partial charge in [0, 0.05) is 12.2 Å². The number of aromatic nitrogens is 2. The molecular weight excluding hydrogens is 417 g/mol. The molecule has 0 bridgehead atoms. The van der Waals surface area contributed by atoms with Gasteiger partial charge < -0.3 is 9.72 Å². The van der Waals surface area contributed by atoms with Gasteiger partial charge in [0.2, 0.25) is 10.0 Å². The molecule has 2 aromatic carbocycles. The minimum absolute atomic E-state index is 0.0981. The lowest BCUT2D eigenvalue weighted by Crippen LogP contribution is -2.33. The van der Waals surface area contributed by atoms with E-state index >= 15 is 0 Å². The lowest BCUT2D eigenvalue weighted by atomic mass is 10.1. The number of benzene rings is 2. The maximum atomic E-state index is 14.1. The minimum atomic E-state index is -3.82. The zero-order valence-corrected chi connectivity index (χ0v) is 18.7. The summed E-state index contributed by atoms with van der Waals surface area (Å²) in [5.41, 5.74) is 1.91. The summed E-state index contributed by atoms with van der Waals surface area (Å²) in [6, 6.07) is 12.8. The summed E-state index contributed by atoms with van der Waals surface area (Å²) in [6.45, 7) is 4.74. The first kappa shape index (κ1) is 23.0. The summed E-state index contributed by atoms with van der Waals surface area (Å²) in [5, 5.41) is 0. The van der Waals surface area contributed by atoms with Crippen molar-refractivity contribution in [3.63, 3.8) is 0 Å². The van der Waals surface area contributed by atoms with Gasteiger partial charge in [-0.25, -0.2) is 17.8 Å². The quantitative estimate of drug-likeness (QED) is 0.442. The third-order valence-electron chi connectivity index (χ3n) is 5.08. The maximum absolute atomic E-state index is 14.1. The Kier molecular flexibility index (Phi) is 7.81. The lowest BCUT2D eigenvalue weighted by Gasteiger charge is -2.22. The second kappa shape index (κ2) is 10.5. The highest BCUT2D eigenvalue weighted by Gasteiger charge is 2.26. The molecular formula is C23H28FN3O3S. The molecule has 0 aliphatic carbocycles. The van der Waals surface area contributed by atoms with Gasteiger partial charge in [0.25, 0.3) is 0 Å². The number of ether oxygens (including phenoxy) is 1. The van der Waals surface area contributed by atoms with E-state index in [1.807, 2.05) is 6.92 Å². The van der Waals surface area contributed by atoms with Gasteiger partial charge in [-0.1, -0.05) is 31.5 Å². The van der Waals surface area contributed by atoms with Crippen molar-refractivity contribution >= 4 is 10.0 Å². The van der Waals surface area contributed by atoms with Gasteiger partial charge in [-0.05, 0) is 55.7 Å². The molecule has 8 heteroatoms. The van der Waals surface area contributed by atoms with Crippen LogP contribution in [0.5, 0.6) is 5.75 Å². The number of rotatable bonds is 11. The zero-order chi connectivity index (χ0) is 22.3. The Bertz CT molecular complexity index is 1080. The molecule has 1 heterocycles. The average molecular weight is 446 g/mol. The Morgan fingerprint density at radius 1 is 1.13 bits per heavy atom. The molecule has 166 valence electrons. The van der Waals surface area contributed by atoms with Crippen molar-refractivity contribution in [3.05, 3.63) is 77.6 Å². The summed E-state index contributed by atoms with van der Waals surface area (Å²) >= 11 is 0. The minimum Gasteiger partial charge on any atom is -0.494 e. The van der Waals surface area contributed by atoms with E-state index in [1.54, 1.807) is 42.5 Å². The molecule has 0 atom stereocenters. The number of aryl methyl sites for hydroxylation is 1. The van der Waals surface area contributed by atoms with E-state index in [0.717, 1.165) is 18.5 Å². The average Bonchev–Trinajstić information content (AvgIpc) is 3.17. The number of nitrogens with one attached hydrogen (secondary N) is 1. The zero-order valence-electron chi connectivity index (χ0n) is 17.8. The largest absolute Gasteiger partial charge is 0.494 e. The normalized spacial score (nSPS) is 11.7. The van der Waals surface area contributed by atoms with E-state index in [0.29, 0.717) is 23.6 Å². The molecule has 0 saturated heterocycles. The van der Waals surface area contributed by atoms with Crippen LogP contribution in [0, 0.1) is 12.7 Å². The number of hydrogen-bond acceptors (Lipinski definition) is 4. The monoisotopic (exact) mass is 445 g/mol. The molecule has 31 heavy (non-hydrogen) atoms. The van der Waals surface area contributed by atoms with E-state index in [9.17, 15) is 12.8 Å². The molecule has 0 amide bonds. The molecule has 0 aliphatic heterocycles. The molecule has 3 aromatic rings. The Morgan fingerprint density at radius 2 is 1.87 bits per heavy atom. The number of aromatic amines is 1. The SMILES string of the molecule is CCCCOc1ccc(S(=O)(=O)N(CCc2ccccc2F)Cc2nc[nH]c2C)cc1. The predicted octanol–water partition coefficient (Wildman–Crippen LogP) is 4.47. The third-order valence-corrected chi connectivity index (χ3v) is 6.94. The highest BCUT2D eigenvalue weighted by Crippen LogP contribution is 2.22. The van der Waals surface area contributed by atoms with Gasteiger partial charge in [0.05, 0.1) is 30.1 Å². The van der Waals surface area contributed by atoms with E-state index in [2.05, 4.69) is 16.9 Å². The summed E-state index contributed by atoms with van der Waals surface area (Å²) in [7, 11) is -3.82. The molecule has 0 aliphatic rings. The highest BCUT2D eigenvalue weighted by atomic mass is 32.2. The van der Waals surface area contributed by atoms with E-state index in [1.165, 1.54) is 16.7 Å². The molecule has 0 radical (unpaired) electrons. The van der Waals surface area contributed by atoms with Crippen molar-refractivity contribution in [1.82, 2.24) is 14.3 Å². The topological polar surface area (TPSA) is 75.3 Å². The van der Waals surface area contributed by atoms with Crippen LogP contribution in [0.15, 0.2) is 59.8 Å². The Morgan fingerprint density at radius 3 is 2.52 bits per heavy atom. The fourth-order valence-corrected chi connectivity index (χ4v) is 4.54. The summed E-state index contributed by atoms with van der Waals surface area (Å²) in [5.74, 6) is 0.290. The molecule has 0 unspecified atom stereocenters. The first-order valence-corrected chi connectivity index (χ1v) is 11.8. The Hall–Kier alpha value is -2.71. The standard InChI is InChI=1S/C23H28FN3O3S/c1-3-4-15-30-20-9-11-21(12-10-20)31(28,29)27(16-23-18(2)25-17-26-23)14-13-19-7-5-6-8-22(19)24/h5-12,17H,3-4,13-16H2,1-2H3,(H,25,26). The highest BCUT2D eigenvalue weighted by molar-refractivity contribution is 7.89. The number of imidazole rings is 1. The predicted molar refractivity (Wildman–Crippen MR) is 118 cm³/mol. The van der Waals surface area contributed by atoms with Gasteiger partial charge >= 0.3 is 0 Å². The van der Waals surface area contributed by atoms with Crippen molar-refractivity contribution in [2.45, 2.75) is 44.6 Å². The number of unbranched alkanes of at least 4 members (excludes halogenated alkanes) is 1. The van der Waals surface area contributed by atoms with Crippen LogP contribution in [-0.4, -0.2) is 35.8 Å². The van der Waals surface area contributed by atoms with Gasteiger partial charge in [-0.2, -0.15) is 4.31 Å². The van der Waals surface area contributed by atoms with Gasteiger partial charge in [-0.3, -0.25) is 0 Å². The molecule has 1 aromatic heterocycles. The van der Waals surface area contributed by atoms with Crippen LogP contribution in [0.25, 0.3) is 0 Å². The van der Waals surface area contributed by atoms with Crippen molar-refractivity contribution in [2.24, 2.45) is 0 Å². The second-order valence-electron chi connectivity index (χ2n) is 7.33. The van der Waals surface area contributed by atoms with E-state index in [4.69, 9.17) is 4.74 Å². The van der Waals surface area contributed by atoms with Gasteiger partial charge in [-0.15, -0.1) is 0 Å². The number of sulfonamides is 1. The first-order chi connectivity index (χ1) is 14.9. The number of nitrogens with zero attached hydrogens (tertiary/aromatic N) is 2. The van der Waals surface area contributed by atoms with E-state index in [-0.39, 0.29) is 30.2 Å². The van der Waals surface area contributed by atoms with Crippen LogP contribution in [0.3, 0.4) is 0 Å². The molecule has 1 N–H and O–H groups in total. The van der Waals surface area contributed by atoms with Crippen molar-refractivity contribution in [1.29, 1.82) is 0 Å². The van der Waals surface area contributed by atoms with Crippen LogP contribution in [0.1, 0.15) is 36.7 Å². The van der Waals surface area contributed by atoms with Crippen molar-refractivity contribution < 1.29 is 17.5 Å². The number of halogens is 1. The van der Waals surface area contributed by atoms with Crippen LogP contribution in [-0.2, 0) is 23.0 Å². The van der Waals surface area contributed by atoms with Gasteiger partial charge in [0.1, 0.15) is 11.6 Å². The van der Waals surface area contributed by atoms with Crippen LogP contribution in [0.2, 0.25) is 0 Å². The first-order valence-electron chi connectivity index (χ1n) is 10.4. The van der Waals surface area contributed by atoms with Crippen LogP contribution < -0.4 is 4.74 Å².